The number of carbonyl (C=O) groups excluding carboxylic acids is 1. The van der Waals surface area contributed by atoms with E-state index in [1.54, 1.807) is 42.0 Å². The Hall–Kier alpha value is -4.20. The van der Waals surface area contributed by atoms with E-state index >= 15 is 0 Å². The van der Waals surface area contributed by atoms with Crippen molar-refractivity contribution >= 4 is 38.3 Å². The lowest BCUT2D eigenvalue weighted by molar-refractivity contribution is 0.0977. The largest absolute Gasteiger partial charge is 0.455 e. The maximum Gasteiger partial charge on any atom is 0.299 e. The summed E-state index contributed by atoms with van der Waals surface area (Å²) >= 11 is 0. The van der Waals surface area contributed by atoms with Crippen molar-refractivity contribution in [2.45, 2.75) is 33.7 Å². The van der Waals surface area contributed by atoms with Crippen LogP contribution in [0.3, 0.4) is 0 Å². The number of nitrogens with one attached hydrogen (secondary N) is 2. The first kappa shape index (κ1) is 26.4. The number of aromatic nitrogens is 1. The molecule has 0 spiro atoms. The summed E-state index contributed by atoms with van der Waals surface area (Å²) in [5.74, 6) is 1.85. The van der Waals surface area contributed by atoms with Crippen LogP contribution in [-0.2, 0) is 10.2 Å². The Morgan fingerprint density at radius 2 is 2.03 bits per heavy atom. The van der Waals surface area contributed by atoms with E-state index in [1.807, 2.05) is 26.8 Å². The van der Waals surface area contributed by atoms with E-state index in [0.29, 0.717) is 33.4 Å². The summed E-state index contributed by atoms with van der Waals surface area (Å²) in [5.41, 5.74) is 2.75. The number of anilines is 1. The number of hydrogen-bond donors (Lipinski definition) is 3. The monoisotopic (exact) mass is 506 g/mol. The van der Waals surface area contributed by atoms with Crippen molar-refractivity contribution in [1.29, 1.82) is 0 Å². The molecule has 0 radical (unpaired) electrons. The molecule has 0 unspecified atom stereocenters. The van der Waals surface area contributed by atoms with Gasteiger partial charge in [0.1, 0.15) is 11.3 Å². The fourth-order valence-electron chi connectivity index (χ4n) is 3.81. The Morgan fingerprint density at radius 3 is 2.67 bits per heavy atom. The van der Waals surface area contributed by atoms with Crippen LogP contribution in [0, 0.1) is 26.2 Å². The fourth-order valence-corrected chi connectivity index (χ4v) is 4.17. The molecule has 0 saturated carbocycles. The van der Waals surface area contributed by atoms with Crippen molar-refractivity contribution < 1.29 is 17.6 Å². The molecular weight excluding hydrogens is 480 g/mol. The number of nitrogens with two attached hydrogens (primary N) is 1. The third-order valence-electron chi connectivity index (χ3n) is 5.34. The number of aryl methyl sites for hydroxylation is 1. The fraction of sp³-hybridized carbons (Fsp3) is 0.192. The highest BCUT2D eigenvalue weighted by Crippen LogP contribution is 2.31. The quantitative estimate of drug-likeness (QED) is 0.328. The molecule has 0 aliphatic heterocycles. The van der Waals surface area contributed by atoms with Crippen LogP contribution in [0.1, 0.15) is 52.8 Å². The number of hydrogen-bond acceptors (Lipinski definition) is 7. The molecule has 0 aliphatic carbocycles. The van der Waals surface area contributed by atoms with Crippen LogP contribution in [-0.4, -0.2) is 19.3 Å². The van der Waals surface area contributed by atoms with Crippen molar-refractivity contribution in [1.82, 2.24) is 9.71 Å². The molecule has 0 saturated heterocycles. The molecule has 1 amide bonds. The predicted octanol–water partition coefficient (Wildman–Crippen LogP) is 3.50. The average molecular weight is 507 g/mol. The van der Waals surface area contributed by atoms with Crippen LogP contribution in [0.2, 0.25) is 0 Å². The summed E-state index contributed by atoms with van der Waals surface area (Å²) in [6.45, 7) is 7.18. The molecule has 1 atom stereocenters. The zero-order valence-corrected chi connectivity index (χ0v) is 21.1. The summed E-state index contributed by atoms with van der Waals surface area (Å²) in [6, 6.07) is 6.29. The standard InChI is InChI=1S/C26H26N4O5S/c1-6-9-18(10-7-2)24-16(4)23(31)20-14-15(3)13-19(25(20)35-24)17(5)29-21-11-8-12-28-22(21)26(32)30-36(27,33)34/h1,7-14,17,29H,2-5H3,(H,30,32)(H2,27,33,34)/b10-7-,18-9+/t17-/m1/s1. The second-order valence-electron chi connectivity index (χ2n) is 8.12. The molecule has 36 heavy (non-hydrogen) atoms. The normalized spacial score (nSPS) is 12.9. The smallest absolute Gasteiger partial charge is 0.299 e. The maximum atomic E-state index is 13.3. The van der Waals surface area contributed by atoms with Crippen molar-refractivity contribution in [3.63, 3.8) is 0 Å². The van der Waals surface area contributed by atoms with E-state index in [-0.39, 0.29) is 16.8 Å². The SMILES string of the molecule is C#C/C=C(\C=C/C)c1oc2c([C@@H](C)Nc3cccnc3C(=O)NS(N)(=O)=O)cc(C)cc2c(=O)c1C. The van der Waals surface area contributed by atoms with Crippen LogP contribution >= 0.6 is 0 Å². The highest BCUT2D eigenvalue weighted by molar-refractivity contribution is 7.87. The number of rotatable bonds is 7. The highest BCUT2D eigenvalue weighted by atomic mass is 32.2. The minimum absolute atomic E-state index is 0.166. The lowest BCUT2D eigenvalue weighted by atomic mass is 9.98. The van der Waals surface area contributed by atoms with Gasteiger partial charge in [-0.3, -0.25) is 9.59 Å². The molecule has 4 N–H and O–H groups in total. The van der Waals surface area contributed by atoms with Gasteiger partial charge in [0, 0.05) is 22.9 Å². The Balaban J connectivity index is 2.17. The van der Waals surface area contributed by atoms with Gasteiger partial charge in [0.15, 0.2) is 11.1 Å². The van der Waals surface area contributed by atoms with Gasteiger partial charge in [-0.2, -0.15) is 8.42 Å². The van der Waals surface area contributed by atoms with Crippen LogP contribution in [0.4, 0.5) is 5.69 Å². The minimum atomic E-state index is -4.28. The number of fused-ring (bicyclic) bond motifs is 1. The number of terminal acetylenes is 1. The highest BCUT2D eigenvalue weighted by Gasteiger charge is 2.22. The van der Waals surface area contributed by atoms with Gasteiger partial charge in [-0.05, 0) is 57.5 Å². The van der Waals surface area contributed by atoms with E-state index in [2.05, 4.69) is 16.2 Å². The van der Waals surface area contributed by atoms with Gasteiger partial charge in [0.05, 0.1) is 17.1 Å². The number of carbonyl (C=O) groups is 1. The summed E-state index contributed by atoms with van der Waals surface area (Å²) in [7, 11) is -4.28. The zero-order chi connectivity index (χ0) is 26.6. The number of pyridine rings is 1. The lowest BCUT2D eigenvalue weighted by Gasteiger charge is -2.20. The summed E-state index contributed by atoms with van der Waals surface area (Å²) in [5, 5.41) is 8.50. The van der Waals surface area contributed by atoms with Crippen molar-refractivity contribution in [2.75, 3.05) is 5.32 Å². The summed E-state index contributed by atoms with van der Waals surface area (Å²) < 4.78 is 30.6. The van der Waals surface area contributed by atoms with Crippen LogP contribution < -0.4 is 20.6 Å². The Labute approximate surface area is 209 Å². The minimum Gasteiger partial charge on any atom is -0.455 e. The Bertz CT molecular complexity index is 1610. The van der Waals surface area contributed by atoms with Crippen molar-refractivity contribution in [3.8, 4) is 12.3 Å². The molecular formula is C26H26N4O5S. The molecule has 2 aromatic heterocycles. The van der Waals surface area contributed by atoms with Gasteiger partial charge in [0.2, 0.25) is 0 Å². The molecule has 0 bridgehead atoms. The number of nitrogens with zero attached hydrogens (tertiary/aromatic N) is 1. The molecule has 1 aromatic carbocycles. The van der Waals surface area contributed by atoms with Gasteiger partial charge in [-0.25, -0.2) is 14.8 Å². The number of allylic oxidation sites excluding steroid dienone is 4. The van der Waals surface area contributed by atoms with Crippen molar-refractivity contribution in [3.05, 3.63) is 87.1 Å². The first-order valence-corrected chi connectivity index (χ1v) is 12.4. The zero-order valence-electron chi connectivity index (χ0n) is 20.2. The van der Waals surface area contributed by atoms with Gasteiger partial charge >= 0.3 is 0 Å². The predicted molar refractivity (Wildman–Crippen MR) is 140 cm³/mol. The topological polar surface area (TPSA) is 144 Å². The lowest BCUT2D eigenvalue weighted by Crippen LogP contribution is -2.36. The van der Waals surface area contributed by atoms with E-state index in [1.165, 1.54) is 12.3 Å². The Kier molecular flexibility index (Phi) is 7.77. The van der Waals surface area contributed by atoms with E-state index in [0.717, 1.165) is 5.56 Å². The average Bonchev–Trinajstić information content (AvgIpc) is 2.80. The van der Waals surface area contributed by atoms with Crippen LogP contribution in [0.15, 0.2) is 57.9 Å². The van der Waals surface area contributed by atoms with E-state index in [9.17, 15) is 18.0 Å². The first-order chi connectivity index (χ1) is 17.0. The second-order valence-corrected chi connectivity index (χ2v) is 9.42. The van der Waals surface area contributed by atoms with Gasteiger partial charge in [0.25, 0.3) is 16.1 Å². The maximum absolute atomic E-state index is 13.3. The van der Waals surface area contributed by atoms with Gasteiger partial charge in [-0.1, -0.05) is 24.1 Å². The number of amides is 1. The molecule has 3 rings (SSSR count). The Morgan fingerprint density at radius 1 is 1.31 bits per heavy atom. The molecule has 9 nitrogen and oxygen atoms in total. The van der Waals surface area contributed by atoms with Gasteiger partial charge in [-0.15, -0.1) is 6.42 Å². The summed E-state index contributed by atoms with van der Waals surface area (Å²) in [6.07, 6.45) is 11.9. The van der Waals surface area contributed by atoms with Crippen LogP contribution in [0.5, 0.6) is 0 Å². The molecule has 2 heterocycles. The third kappa shape index (κ3) is 5.71. The van der Waals surface area contributed by atoms with Crippen molar-refractivity contribution in [2.24, 2.45) is 5.14 Å². The molecule has 0 aliphatic rings. The van der Waals surface area contributed by atoms with Gasteiger partial charge < -0.3 is 9.73 Å². The molecule has 3 aromatic rings. The first-order valence-electron chi connectivity index (χ1n) is 10.9. The number of benzene rings is 1. The summed E-state index contributed by atoms with van der Waals surface area (Å²) in [4.78, 5) is 29.7. The van der Waals surface area contributed by atoms with E-state index < -0.39 is 22.2 Å². The molecule has 10 heteroatoms. The van der Waals surface area contributed by atoms with Crippen LogP contribution in [0.25, 0.3) is 16.5 Å². The molecule has 186 valence electrons. The second kappa shape index (κ2) is 10.6. The third-order valence-corrected chi connectivity index (χ3v) is 5.81. The molecule has 0 fully saturated rings. The van der Waals surface area contributed by atoms with E-state index in [4.69, 9.17) is 16.0 Å².